The summed E-state index contributed by atoms with van der Waals surface area (Å²) in [5.41, 5.74) is 0. The first kappa shape index (κ1) is 32.1. The van der Waals surface area contributed by atoms with Crippen LogP contribution in [0.25, 0.3) is 0 Å². The molecule has 0 N–H and O–H groups in total. The van der Waals surface area contributed by atoms with E-state index in [2.05, 4.69) is 0 Å². The predicted molar refractivity (Wildman–Crippen MR) is 136 cm³/mol. The Kier molecular flexibility index (Phi) is 20.0. The molecular formula is C23H50O9Si2. The summed E-state index contributed by atoms with van der Waals surface area (Å²) in [6.45, 7) is 18.1. The monoisotopic (exact) mass is 526 g/mol. The van der Waals surface area contributed by atoms with Crippen LogP contribution in [-0.4, -0.2) is 103 Å². The average Bonchev–Trinajstić information content (AvgIpc) is 3.73. The van der Waals surface area contributed by atoms with Crippen molar-refractivity contribution in [2.45, 2.75) is 78.2 Å². The molecule has 0 saturated carbocycles. The smallest absolute Gasteiger partial charge is 0.397 e. The normalized spacial score (nSPS) is 19.2. The van der Waals surface area contributed by atoms with Crippen molar-refractivity contribution in [1.29, 1.82) is 0 Å². The summed E-state index contributed by atoms with van der Waals surface area (Å²) in [7, 11) is -3.84. The largest absolute Gasteiger partial charge is 0.501 e. The van der Waals surface area contributed by atoms with Crippen LogP contribution in [0.4, 0.5) is 0 Å². The van der Waals surface area contributed by atoms with Crippen molar-refractivity contribution in [2.24, 2.45) is 0 Å². The molecule has 2 aliphatic rings. The highest BCUT2D eigenvalue weighted by molar-refractivity contribution is 6.60. The molecule has 2 atom stereocenters. The van der Waals surface area contributed by atoms with E-state index < -0.39 is 18.1 Å². The summed E-state index contributed by atoms with van der Waals surface area (Å²) in [5.74, 6) is 0. The van der Waals surface area contributed by atoms with Gasteiger partial charge in [0.2, 0.25) is 0 Å². The average molecular weight is 527 g/mol. The van der Waals surface area contributed by atoms with Gasteiger partial charge in [-0.1, -0.05) is 0 Å². The fourth-order valence-corrected chi connectivity index (χ4v) is 7.63. The maximum atomic E-state index is 5.76. The van der Waals surface area contributed by atoms with E-state index in [1.165, 1.54) is 0 Å². The lowest BCUT2D eigenvalue weighted by Gasteiger charge is -2.28. The van der Waals surface area contributed by atoms with Gasteiger partial charge in [0, 0.05) is 52.3 Å². The first-order valence-corrected chi connectivity index (χ1v) is 16.9. The van der Waals surface area contributed by atoms with E-state index in [1.807, 2.05) is 34.6 Å². The molecule has 0 bridgehead atoms. The Bertz CT molecular complexity index is 431. The van der Waals surface area contributed by atoms with Crippen molar-refractivity contribution in [3.63, 3.8) is 0 Å². The number of ether oxygens (including phenoxy) is 4. The fourth-order valence-electron chi connectivity index (χ4n) is 3.25. The van der Waals surface area contributed by atoms with Gasteiger partial charge in [0.25, 0.3) is 0 Å². The molecule has 0 aromatic rings. The van der Waals surface area contributed by atoms with E-state index in [-0.39, 0.29) is 0 Å². The number of unbranched alkanes of at least 4 members (excludes halogenated alkanes) is 1. The maximum absolute atomic E-state index is 5.76. The lowest BCUT2D eigenvalue weighted by Crippen LogP contribution is -2.46. The summed E-state index contributed by atoms with van der Waals surface area (Å²) in [6, 6.07) is 1.90. The summed E-state index contributed by atoms with van der Waals surface area (Å²) >= 11 is 0. The van der Waals surface area contributed by atoms with Crippen LogP contribution in [0.1, 0.15) is 53.9 Å². The Balaban J connectivity index is 0.000000342. The van der Waals surface area contributed by atoms with Gasteiger partial charge in [-0.2, -0.15) is 0 Å². The van der Waals surface area contributed by atoms with Gasteiger partial charge in [-0.05, 0) is 59.9 Å². The molecule has 9 nitrogen and oxygen atoms in total. The first-order chi connectivity index (χ1) is 16.6. The van der Waals surface area contributed by atoms with Crippen LogP contribution in [-0.2, 0) is 41.1 Å². The molecule has 2 fully saturated rings. The van der Waals surface area contributed by atoms with Crippen LogP contribution in [0.2, 0.25) is 12.1 Å². The summed E-state index contributed by atoms with van der Waals surface area (Å²) in [5, 5.41) is 0. The third-order valence-electron chi connectivity index (χ3n) is 4.96. The Morgan fingerprint density at radius 2 is 1.15 bits per heavy atom. The number of rotatable bonds is 23. The van der Waals surface area contributed by atoms with Gasteiger partial charge in [0.15, 0.2) is 0 Å². The van der Waals surface area contributed by atoms with Crippen molar-refractivity contribution in [1.82, 2.24) is 0 Å². The van der Waals surface area contributed by atoms with Gasteiger partial charge in [0.1, 0.15) is 12.2 Å². The Hall–Kier alpha value is 0.0738. The molecular weight excluding hydrogens is 476 g/mol. The van der Waals surface area contributed by atoms with Crippen LogP contribution in [0.5, 0.6) is 0 Å². The second kappa shape index (κ2) is 21.2. The highest BCUT2D eigenvalue weighted by Gasteiger charge is 2.39. The van der Waals surface area contributed by atoms with E-state index in [0.717, 1.165) is 71.0 Å². The van der Waals surface area contributed by atoms with E-state index in [0.29, 0.717) is 45.2 Å². The lowest BCUT2D eigenvalue weighted by atomic mass is 10.3. The second-order valence-electron chi connectivity index (χ2n) is 7.98. The quantitative estimate of drug-likeness (QED) is 0.113. The van der Waals surface area contributed by atoms with Gasteiger partial charge >= 0.3 is 18.1 Å². The molecule has 2 saturated heterocycles. The van der Waals surface area contributed by atoms with Crippen molar-refractivity contribution < 1.29 is 41.1 Å². The van der Waals surface area contributed by atoms with Crippen LogP contribution in [0, 0.1) is 0 Å². The summed E-state index contributed by atoms with van der Waals surface area (Å²) in [4.78, 5) is 0. The number of hydrogen-bond acceptors (Lipinski definition) is 9. The molecule has 34 heavy (non-hydrogen) atoms. The van der Waals surface area contributed by atoms with Gasteiger partial charge in [-0.3, -0.25) is 0 Å². The molecule has 2 aliphatic heterocycles. The van der Waals surface area contributed by atoms with E-state index in [1.54, 1.807) is 0 Å². The zero-order valence-electron chi connectivity index (χ0n) is 22.2. The topological polar surface area (TPSA) is 89.7 Å². The first-order valence-electron chi connectivity index (χ1n) is 13.2. The third kappa shape index (κ3) is 17.5. The molecule has 11 heteroatoms. The minimum atomic E-state index is -2.47. The Morgan fingerprint density at radius 1 is 0.676 bits per heavy atom. The minimum Gasteiger partial charge on any atom is -0.397 e. The molecule has 2 unspecified atom stereocenters. The number of epoxide rings is 2. The van der Waals surface area contributed by atoms with Gasteiger partial charge in [-0.15, -0.1) is 0 Å². The molecule has 204 valence electrons. The standard InChI is InChI=1S/C12H26O5Si.C11H24O4Si/c1-4-15-18(16-5-2,17-6-3)9-7-8-13-10-12-11-14-12;1-3-14-16(15-4-2)8-6-5-7-12-9-11-10-13-11/h12H,4-11H2,1-3H3;11,16H,3-10H2,1-2H3. The van der Waals surface area contributed by atoms with Crippen molar-refractivity contribution >= 4 is 18.1 Å². The molecule has 2 heterocycles. The highest BCUT2D eigenvalue weighted by Crippen LogP contribution is 2.18. The van der Waals surface area contributed by atoms with Crippen molar-refractivity contribution in [2.75, 3.05) is 72.7 Å². The zero-order chi connectivity index (χ0) is 24.9. The molecule has 2 rings (SSSR count). The third-order valence-corrected chi connectivity index (χ3v) is 10.4. The van der Waals surface area contributed by atoms with E-state index >= 15 is 0 Å². The molecule has 0 aromatic heterocycles. The van der Waals surface area contributed by atoms with E-state index in [9.17, 15) is 0 Å². The molecule has 0 amide bonds. The van der Waals surface area contributed by atoms with Crippen LogP contribution >= 0.6 is 0 Å². The van der Waals surface area contributed by atoms with Gasteiger partial charge < -0.3 is 41.1 Å². The van der Waals surface area contributed by atoms with Gasteiger partial charge in [0.05, 0.1) is 26.4 Å². The van der Waals surface area contributed by atoms with E-state index in [4.69, 9.17) is 41.1 Å². The predicted octanol–water partition coefficient (Wildman–Crippen LogP) is 3.32. The second-order valence-corrected chi connectivity index (χ2v) is 12.8. The van der Waals surface area contributed by atoms with Crippen molar-refractivity contribution in [3.8, 4) is 0 Å². The van der Waals surface area contributed by atoms with Crippen LogP contribution in [0.15, 0.2) is 0 Å². The summed E-state index contributed by atoms with van der Waals surface area (Å²) in [6.07, 6.45) is 3.85. The fraction of sp³-hybridized carbons (Fsp3) is 1.00. The SMILES string of the molecule is CCO[SiH](CCCCOCC1CO1)OCC.CCO[Si](CCCOCC1CO1)(OCC)OCC. The zero-order valence-corrected chi connectivity index (χ0v) is 24.4. The Morgan fingerprint density at radius 3 is 1.56 bits per heavy atom. The molecule has 0 aliphatic carbocycles. The highest BCUT2D eigenvalue weighted by atomic mass is 28.4. The Labute approximate surface area is 210 Å². The molecule has 0 spiro atoms. The summed E-state index contributed by atoms with van der Waals surface area (Å²) < 4.78 is 49.6. The molecule has 0 aromatic carbocycles. The van der Waals surface area contributed by atoms with Gasteiger partial charge in [-0.25, -0.2) is 0 Å². The molecule has 0 radical (unpaired) electrons. The number of hydrogen-bond donors (Lipinski definition) is 0. The maximum Gasteiger partial charge on any atom is 0.501 e. The van der Waals surface area contributed by atoms with Crippen LogP contribution in [0.3, 0.4) is 0 Å². The van der Waals surface area contributed by atoms with Crippen molar-refractivity contribution in [3.05, 3.63) is 0 Å². The minimum absolute atomic E-state index is 0.331. The van der Waals surface area contributed by atoms with Crippen LogP contribution < -0.4 is 0 Å². The lowest BCUT2D eigenvalue weighted by molar-refractivity contribution is 0.0648.